The normalized spacial score (nSPS) is 37.8. The molecule has 2 atom stereocenters. The van der Waals surface area contributed by atoms with Crippen LogP contribution in [-0.4, -0.2) is 12.8 Å². The van der Waals surface area contributed by atoms with Crippen LogP contribution in [0.3, 0.4) is 0 Å². The molecule has 1 heterocycles. The van der Waals surface area contributed by atoms with Crippen molar-refractivity contribution >= 4 is 6.21 Å². The quantitative estimate of drug-likeness (QED) is 0.526. The Kier molecular flexibility index (Phi) is 2.25. The summed E-state index contributed by atoms with van der Waals surface area (Å²) in [6.45, 7) is 1.22. The van der Waals surface area contributed by atoms with Crippen LogP contribution in [0.5, 0.6) is 0 Å². The van der Waals surface area contributed by atoms with E-state index in [-0.39, 0.29) is 0 Å². The summed E-state index contributed by atoms with van der Waals surface area (Å²) in [5, 5.41) is 0. The highest BCUT2D eigenvalue weighted by molar-refractivity contribution is 5.55. The molecule has 62 valence electrons. The lowest BCUT2D eigenvalue weighted by Crippen LogP contribution is -2.73. The van der Waals surface area contributed by atoms with E-state index in [0.29, 0.717) is 0 Å². The van der Waals surface area contributed by atoms with Gasteiger partial charge in [-0.05, 0) is 18.8 Å². The van der Waals surface area contributed by atoms with Crippen LogP contribution >= 0.6 is 0 Å². The van der Waals surface area contributed by atoms with Crippen LogP contribution in [-0.2, 0) is 0 Å². The van der Waals surface area contributed by atoms with E-state index in [0.717, 1.165) is 11.8 Å². The molecule has 0 bridgehead atoms. The van der Waals surface area contributed by atoms with E-state index in [1.807, 2.05) is 0 Å². The summed E-state index contributed by atoms with van der Waals surface area (Å²) >= 11 is 0. The molecular formula is C10H18N+. The molecule has 0 aromatic carbocycles. The molecule has 1 saturated carbocycles. The summed E-state index contributed by atoms with van der Waals surface area (Å²) in [4.78, 5) is 3.39. The van der Waals surface area contributed by atoms with E-state index in [1.165, 1.54) is 45.1 Å². The van der Waals surface area contributed by atoms with Gasteiger partial charge in [0.05, 0.1) is 0 Å². The van der Waals surface area contributed by atoms with E-state index in [4.69, 9.17) is 0 Å². The van der Waals surface area contributed by atoms with E-state index < -0.39 is 0 Å². The average molecular weight is 152 g/mol. The zero-order valence-corrected chi connectivity index (χ0v) is 7.18. The fraction of sp³-hybridized carbons (Fsp3) is 0.900. The molecule has 1 N–H and O–H groups in total. The maximum Gasteiger partial charge on any atom is 0.141 e. The lowest BCUT2D eigenvalue weighted by Gasteiger charge is -2.20. The molecule has 1 nitrogen and oxygen atoms in total. The molecule has 1 aliphatic carbocycles. The van der Waals surface area contributed by atoms with Crippen molar-refractivity contribution in [3.63, 3.8) is 0 Å². The van der Waals surface area contributed by atoms with Gasteiger partial charge in [0, 0.05) is 12.3 Å². The predicted octanol–water partition coefficient (Wildman–Crippen LogP) is 0.738. The van der Waals surface area contributed by atoms with Gasteiger partial charge in [0.15, 0.2) is 0 Å². The van der Waals surface area contributed by atoms with Gasteiger partial charge in [0.2, 0.25) is 0 Å². The van der Waals surface area contributed by atoms with Crippen LogP contribution in [0.25, 0.3) is 0 Å². The van der Waals surface area contributed by atoms with E-state index in [2.05, 4.69) is 11.2 Å². The minimum Gasteiger partial charge on any atom is -0.251 e. The number of hydrogen-bond acceptors (Lipinski definition) is 0. The third-order valence-electron chi connectivity index (χ3n) is 3.21. The van der Waals surface area contributed by atoms with Crippen molar-refractivity contribution in [3.8, 4) is 0 Å². The standard InChI is InChI=1S/C10H17N/c1-2-4-9-6-7-11-8-10(9)5-3-1/h8-10H,1-7H2/p+1. The van der Waals surface area contributed by atoms with Gasteiger partial charge in [-0.3, -0.25) is 4.99 Å². The van der Waals surface area contributed by atoms with Crippen LogP contribution < -0.4 is 4.99 Å². The van der Waals surface area contributed by atoms with Gasteiger partial charge in [-0.1, -0.05) is 19.3 Å². The summed E-state index contributed by atoms with van der Waals surface area (Å²) < 4.78 is 0. The van der Waals surface area contributed by atoms with Crippen LogP contribution in [0, 0.1) is 11.8 Å². The van der Waals surface area contributed by atoms with Gasteiger partial charge in [0.1, 0.15) is 12.8 Å². The molecule has 0 spiro atoms. The Morgan fingerprint density at radius 3 is 2.91 bits per heavy atom. The number of fused-ring (bicyclic) bond motifs is 1. The second-order valence-electron chi connectivity index (χ2n) is 3.97. The Morgan fingerprint density at radius 1 is 1.00 bits per heavy atom. The van der Waals surface area contributed by atoms with Crippen LogP contribution in [0.1, 0.15) is 38.5 Å². The maximum absolute atomic E-state index is 3.39. The number of hydrogen-bond donors (Lipinski definition) is 1. The van der Waals surface area contributed by atoms with Crippen LogP contribution in [0.4, 0.5) is 0 Å². The highest BCUT2D eigenvalue weighted by Crippen LogP contribution is 2.29. The molecular weight excluding hydrogens is 134 g/mol. The first-order valence-electron chi connectivity index (χ1n) is 5.03. The highest BCUT2D eigenvalue weighted by Gasteiger charge is 2.26. The second kappa shape index (κ2) is 3.38. The highest BCUT2D eigenvalue weighted by atomic mass is 14.7. The Balaban J connectivity index is 2.02. The first-order valence-corrected chi connectivity index (χ1v) is 5.03. The smallest absolute Gasteiger partial charge is 0.141 e. The zero-order chi connectivity index (χ0) is 7.52. The fourth-order valence-corrected chi connectivity index (χ4v) is 2.49. The third-order valence-corrected chi connectivity index (χ3v) is 3.21. The fourth-order valence-electron chi connectivity index (χ4n) is 2.49. The van der Waals surface area contributed by atoms with Gasteiger partial charge >= 0.3 is 0 Å². The Morgan fingerprint density at radius 2 is 1.91 bits per heavy atom. The minimum absolute atomic E-state index is 0.909. The average Bonchev–Trinajstić information content (AvgIpc) is 2.28. The Bertz CT molecular complexity index is 151. The summed E-state index contributed by atoms with van der Waals surface area (Å²) in [6.07, 6.45) is 11.1. The molecule has 2 rings (SSSR count). The predicted molar refractivity (Wildman–Crippen MR) is 46.6 cm³/mol. The van der Waals surface area contributed by atoms with Gasteiger partial charge in [0.25, 0.3) is 0 Å². The van der Waals surface area contributed by atoms with Gasteiger partial charge in [-0.25, -0.2) is 0 Å². The van der Waals surface area contributed by atoms with Crippen molar-refractivity contribution in [2.45, 2.75) is 38.5 Å². The Hall–Kier alpha value is -0.330. The van der Waals surface area contributed by atoms with Crippen molar-refractivity contribution < 1.29 is 4.99 Å². The maximum atomic E-state index is 3.39. The van der Waals surface area contributed by atoms with E-state index >= 15 is 0 Å². The zero-order valence-electron chi connectivity index (χ0n) is 7.18. The molecule has 0 aromatic heterocycles. The van der Waals surface area contributed by atoms with Gasteiger partial charge in [-0.15, -0.1) is 0 Å². The van der Waals surface area contributed by atoms with Crippen LogP contribution in [0.2, 0.25) is 0 Å². The van der Waals surface area contributed by atoms with E-state index in [9.17, 15) is 0 Å². The molecule has 0 saturated heterocycles. The molecule has 0 radical (unpaired) electrons. The summed E-state index contributed by atoms with van der Waals surface area (Å²) in [5.41, 5.74) is 0. The summed E-state index contributed by atoms with van der Waals surface area (Å²) in [6, 6.07) is 0. The second-order valence-corrected chi connectivity index (χ2v) is 3.97. The molecule has 0 aromatic rings. The van der Waals surface area contributed by atoms with Gasteiger partial charge < -0.3 is 0 Å². The lowest BCUT2D eigenvalue weighted by atomic mass is 9.85. The molecule has 1 aliphatic heterocycles. The van der Waals surface area contributed by atoms with Gasteiger partial charge in [-0.2, -0.15) is 0 Å². The molecule has 0 amide bonds. The van der Waals surface area contributed by atoms with Crippen molar-refractivity contribution in [1.82, 2.24) is 0 Å². The number of rotatable bonds is 0. The molecule has 11 heavy (non-hydrogen) atoms. The van der Waals surface area contributed by atoms with Crippen molar-refractivity contribution in [2.24, 2.45) is 11.8 Å². The SMILES string of the molecule is C1=[NH+]CCC2CCCCCC12. The molecule has 2 unspecified atom stereocenters. The molecule has 1 fully saturated rings. The molecule has 2 aliphatic rings. The first kappa shape index (κ1) is 7.33. The molecule has 1 heteroatoms. The van der Waals surface area contributed by atoms with Crippen molar-refractivity contribution in [2.75, 3.05) is 6.54 Å². The Labute approximate surface area is 68.9 Å². The lowest BCUT2D eigenvalue weighted by molar-refractivity contribution is -0.463. The summed E-state index contributed by atoms with van der Waals surface area (Å²) in [5.74, 6) is 1.94. The first-order chi connectivity index (χ1) is 5.47. The largest absolute Gasteiger partial charge is 0.251 e. The minimum atomic E-state index is 0.909. The third kappa shape index (κ3) is 1.63. The van der Waals surface area contributed by atoms with Crippen molar-refractivity contribution in [3.05, 3.63) is 0 Å². The monoisotopic (exact) mass is 152 g/mol. The van der Waals surface area contributed by atoms with Crippen molar-refractivity contribution in [1.29, 1.82) is 0 Å². The van der Waals surface area contributed by atoms with Crippen LogP contribution in [0.15, 0.2) is 0 Å². The van der Waals surface area contributed by atoms with E-state index in [1.54, 1.807) is 0 Å². The summed E-state index contributed by atoms with van der Waals surface area (Å²) in [7, 11) is 0. The topological polar surface area (TPSA) is 14.0 Å². The number of nitrogens with one attached hydrogen (secondary N) is 1.